The number of ether oxygens (including phenoxy) is 1. The number of hydrogen-bond acceptors (Lipinski definition) is 6. The van der Waals surface area contributed by atoms with Gasteiger partial charge in [-0.3, -0.25) is 14.4 Å². The van der Waals surface area contributed by atoms with Gasteiger partial charge in [0.1, 0.15) is 12.3 Å². The number of carboxylic acid groups (broad SMARTS) is 1. The predicted octanol–water partition coefficient (Wildman–Crippen LogP) is 1.70. The minimum absolute atomic E-state index is 0.142. The summed E-state index contributed by atoms with van der Waals surface area (Å²) in [5.41, 5.74) is -0.221. The quantitative estimate of drug-likeness (QED) is 0.562. The van der Waals surface area contributed by atoms with Gasteiger partial charge in [-0.1, -0.05) is 18.2 Å². The van der Waals surface area contributed by atoms with Crippen LogP contribution in [-0.2, 0) is 16.1 Å². The molecule has 0 bridgehead atoms. The number of anilines is 2. The highest BCUT2D eigenvalue weighted by Gasteiger charge is 2.18. The van der Waals surface area contributed by atoms with Crippen molar-refractivity contribution in [1.29, 1.82) is 0 Å². The summed E-state index contributed by atoms with van der Waals surface area (Å²) in [5.74, 6) is -1.90. The molecule has 0 aliphatic heterocycles. The molecule has 10 heteroatoms. The zero-order valence-electron chi connectivity index (χ0n) is 16.1. The third-order valence-corrected chi connectivity index (χ3v) is 4.16. The van der Waals surface area contributed by atoms with Crippen molar-refractivity contribution in [1.82, 2.24) is 9.78 Å². The van der Waals surface area contributed by atoms with Crippen LogP contribution in [0.2, 0.25) is 0 Å². The molecular weight excluding hydrogens is 392 g/mol. The van der Waals surface area contributed by atoms with Crippen LogP contribution in [0.3, 0.4) is 0 Å². The molecular formula is C20H18N4O6. The van der Waals surface area contributed by atoms with Gasteiger partial charge in [-0.2, -0.15) is 5.10 Å². The number of aromatic carboxylic acids is 1. The number of methoxy groups -OCH3 is 1. The number of hydrogen-bond donors (Lipinski definition) is 3. The number of aromatic nitrogens is 2. The summed E-state index contributed by atoms with van der Waals surface area (Å²) >= 11 is 0. The van der Waals surface area contributed by atoms with Gasteiger partial charge in [0.05, 0.1) is 18.2 Å². The Morgan fingerprint density at radius 1 is 1.10 bits per heavy atom. The molecule has 0 unspecified atom stereocenters. The highest BCUT2D eigenvalue weighted by molar-refractivity contribution is 6.01. The molecule has 0 saturated carbocycles. The summed E-state index contributed by atoms with van der Waals surface area (Å²) < 4.78 is 6.00. The highest BCUT2D eigenvalue weighted by atomic mass is 16.5. The molecule has 3 aromatic rings. The number of rotatable bonds is 6. The SMILES string of the molecule is COc1ccc(NC(C)=O)cc1NC(=O)Cn1nc(C(=O)O)c2ccccc2c1=O. The van der Waals surface area contributed by atoms with Crippen LogP contribution in [0.25, 0.3) is 10.8 Å². The molecule has 0 radical (unpaired) electrons. The first-order valence-corrected chi connectivity index (χ1v) is 8.78. The van der Waals surface area contributed by atoms with Crippen molar-refractivity contribution in [3.8, 4) is 5.75 Å². The van der Waals surface area contributed by atoms with Crippen LogP contribution in [0.15, 0.2) is 47.3 Å². The van der Waals surface area contributed by atoms with E-state index in [0.29, 0.717) is 11.4 Å². The summed E-state index contributed by atoms with van der Waals surface area (Å²) in [4.78, 5) is 48.0. The lowest BCUT2D eigenvalue weighted by Crippen LogP contribution is -2.31. The Morgan fingerprint density at radius 3 is 2.43 bits per heavy atom. The average Bonchev–Trinajstić information content (AvgIpc) is 2.69. The Kier molecular flexibility index (Phi) is 5.77. The second kappa shape index (κ2) is 8.43. The first-order chi connectivity index (χ1) is 14.3. The van der Waals surface area contributed by atoms with Crippen LogP contribution in [0, 0.1) is 0 Å². The number of amides is 2. The molecule has 3 N–H and O–H groups in total. The molecule has 0 fully saturated rings. The van der Waals surface area contributed by atoms with E-state index in [1.807, 2.05) is 0 Å². The lowest BCUT2D eigenvalue weighted by atomic mass is 10.1. The standard InChI is InChI=1S/C20H18N4O6/c1-11(25)21-12-7-8-16(30-2)15(9-12)22-17(26)10-24-19(27)14-6-4-3-5-13(14)18(23-24)20(28)29/h3-9H,10H2,1-2H3,(H,21,25)(H,22,26)(H,28,29). The van der Waals surface area contributed by atoms with Gasteiger partial charge in [0.15, 0.2) is 5.69 Å². The molecule has 0 aliphatic rings. The smallest absolute Gasteiger partial charge is 0.357 e. The van der Waals surface area contributed by atoms with Crippen molar-refractivity contribution in [3.63, 3.8) is 0 Å². The minimum atomic E-state index is -1.31. The van der Waals surface area contributed by atoms with Crippen LogP contribution >= 0.6 is 0 Å². The summed E-state index contributed by atoms with van der Waals surface area (Å²) in [6, 6.07) is 10.8. The third-order valence-electron chi connectivity index (χ3n) is 4.16. The molecule has 2 amide bonds. The molecule has 2 aromatic carbocycles. The lowest BCUT2D eigenvalue weighted by molar-refractivity contribution is -0.117. The van der Waals surface area contributed by atoms with Crippen molar-refractivity contribution in [2.45, 2.75) is 13.5 Å². The number of nitrogens with one attached hydrogen (secondary N) is 2. The van der Waals surface area contributed by atoms with Crippen LogP contribution in [0.4, 0.5) is 11.4 Å². The fraction of sp³-hybridized carbons (Fsp3) is 0.150. The van der Waals surface area contributed by atoms with Crippen molar-refractivity contribution in [2.75, 3.05) is 17.7 Å². The van der Waals surface area contributed by atoms with E-state index in [4.69, 9.17) is 4.74 Å². The molecule has 154 valence electrons. The van der Waals surface area contributed by atoms with Crippen LogP contribution < -0.4 is 20.9 Å². The summed E-state index contributed by atoms with van der Waals surface area (Å²) in [6.45, 7) is 0.831. The van der Waals surface area contributed by atoms with E-state index in [2.05, 4.69) is 15.7 Å². The molecule has 0 saturated heterocycles. The van der Waals surface area contributed by atoms with Gasteiger partial charge in [0.2, 0.25) is 11.8 Å². The molecule has 1 aromatic heterocycles. The zero-order chi connectivity index (χ0) is 21.8. The number of benzene rings is 2. The van der Waals surface area contributed by atoms with E-state index in [-0.39, 0.29) is 28.1 Å². The van der Waals surface area contributed by atoms with Gasteiger partial charge in [0.25, 0.3) is 5.56 Å². The first kappa shape index (κ1) is 20.5. The van der Waals surface area contributed by atoms with E-state index in [9.17, 15) is 24.3 Å². The Balaban J connectivity index is 1.93. The number of carbonyl (C=O) groups is 3. The molecule has 3 rings (SSSR count). The number of carboxylic acids is 1. The Bertz CT molecular complexity index is 1220. The topological polar surface area (TPSA) is 140 Å². The molecule has 0 aliphatic carbocycles. The van der Waals surface area contributed by atoms with E-state index >= 15 is 0 Å². The molecule has 1 heterocycles. The predicted molar refractivity (Wildman–Crippen MR) is 109 cm³/mol. The lowest BCUT2D eigenvalue weighted by Gasteiger charge is -2.13. The summed E-state index contributed by atoms with van der Waals surface area (Å²) in [6.07, 6.45) is 0. The Hall–Kier alpha value is -4.21. The minimum Gasteiger partial charge on any atom is -0.495 e. The van der Waals surface area contributed by atoms with Crippen LogP contribution in [0.5, 0.6) is 5.75 Å². The van der Waals surface area contributed by atoms with Gasteiger partial charge in [-0.25, -0.2) is 9.48 Å². The maximum atomic E-state index is 12.6. The van der Waals surface area contributed by atoms with Crippen molar-refractivity contribution >= 4 is 39.9 Å². The van der Waals surface area contributed by atoms with Crippen LogP contribution in [0.1, 0.15) is 17.4 Å². The van der Waals surface area contributed by atoms with Crippen molar-refractivity contribution in [3.05, 3.63) is 58.5 Å². The number of carbonyl (C=O) groups excluding carboxylic acids is 2. The Morgan fingerprint density at radius 2 is 1.80 bits per heavy atom. The molecule has 0 spiro atoms. The maximum absolute atomic E-state index is 12.6. The maximum Gasteiger partial charge on any atom is 0.357 e. The van der Waals surface area contributed by atoms with Gasteiger partial charge in [-0.05, 0) is 24.3 Å². The normalized spacial score (nSPS) is 10.5. The van der Waals surface area contributed by atoms with Crippen LogP contribution in [-0.4, -0.2) is 39.8 Å². The van der Waals surface area contributed by atoms with Gasteiger partial charge < -0.3 is 20.5 Å². The molecule has 0 atom stereocenters. The molecule has 30 heavy (non-hydrogen) atoms. The third kappa shape index (κ3) is 4.27. The van der Waals surface area contributed by atoms with Gasteiger partial charge in [-0.15, -0.1) is 0 Å². The zero-order valence-corrected chi connectivity index (χ0v) is 16.1. The van der Waals surface area contributed by atoms with Gasteiger partial charge >= 0.3 is 5.97 Å². The second-order valence-corrected chi connectivity index (χ2v) is 6.31. The van der Waals surface area contributed by atoms with E-state index in [1.54, 1.807) is 24.3 Å². The van der Waals surface area contributed by atoms with Crippen molar-refractivity contribution < 1.29 is 24.2 Å². The largest absolute Gasteiger partial charge is 0.495 e. The van der Waals surface area contributed by atoms with Crippen molar-refractivity contribution in [2.24, 2.45) is 0 Å². The number of nitrogens with zero attached hydrogens (tertiary/aromatic N) is 2. The van der Waals surface area contributed by atoms with E-state index < -0.39 is 24.0 Å². The highest BCUT2D eigenvalue weighted by Crippen LogP contribution is 2.28. The first-order valence-electron chi connectivity index (χ1n) is 8.78. The number of fused-ring (bicyclic) bond motifs is 1. The average molecular weight is 410 g/mol. The fourth-order valence-corrected chi connectivity index (χ4v) is 2.91. The fourth-order valence-electron chi connectivity index (χ4n) is 2.91. The monoisotopic (exact) mass is 410 g/mol. The van der Waals surface area contributed by atoms with E-state index in [0.717, 1.165) is 4.68 Å². The van der Waals surface area contributed by atoms with Gasteiger partial charge in [0, 0.05) is 18.0 Å². The summed E-state index contributed by atoms with van der Waals surface area (Å²) in [7, 11) is 1.41. The molecule has 10 nitrogen and oxygen atoms in total. The Labute approximate surface area is 170 Å². The second-order valence-electron chi connectivity index (χ2n) is 6.31. The van der Waals surface area contributed by atoms with E-state index in [1.165, 1.54) is 32.2 Å². The summed E-state index contributed by atoms with van der Waals surface area (Å²) in [5, 5.41) is 18.8.